The van der Waals surface area contributed by atoms with Crippen molar-refractivity contribution < 1.29 is 40.9 Å². The van der Waals surface area contributed by atoms with Crippen LogP contribution in [0.5, 0.6) is 5.75 Å². The first-order chi connectivity index (χ1) is 7.29. The van der Waals surface area contributed by atoms with Crippen LogP contribution in [-0.4, -0.2) is 10.9 Å². The topological polar surface area (TPSA) is 37.3 Å². The van der Waals surface area contributed by atoms with Gasteiger partial charge in [0.2, 0.25) is 0 Å². The van der Waals surface area contributed by atoms with Gasteiger partial charge < -0.3 is 6.53 Å². The molecule has 0 fully saturated rings. The number of carbonyl (C=O) groups is 1. The smallest absolute Gasteiger partial charge is 1.00 e. The Bertz CT molecular complexity index is 486. The van der Waals surface area contributed by atoms with Crippen LogP contribution in [0.25, 0.3) is 0 Å². The summed E-state index contributed by atoms with van der Waals surface area (Å²) in [5.74, 6) is -0.139. The van der Waals surface area contributed by atoms with Crippen LogP contribution in [-0.2, 0) is 0 Å². The third-order valence-electron chi connectivity index (χ3n) is 2.18. The average molecular weight is 222 g/mol. The molecule has 0 unspecified atom stereocenters. The van der Waals surface area contributed by atoms with Crippen LogP contribution < -0.4 is 29.6 Å². The molecule has 0 atom stereocenters. The van der Waals surface area contributed by atoms with Crippen LogP contribution in [0, 0.1) is 0 Å². The summed E-state index contributed by atoms with van der Waals surface area (Å²) in [6.45, 7) is 0. The molecule has 0 aromatic heterocycles. The summed E-state index contributed by atoms with van der Waals surface area (Å²) < 4.78 is 0. The average Bonchev–Trinajstić information content (AvgIpc) is 2.30. The maximum atomic E-state index is 11.9. The van der Waals surface area contributed by atoms with Crippen LogP contribution in [0.15, 0.2) is 54.6 Å². The van der Waals surface area contributed by atoms with Crippen LogP contribution >= 0.6 is 0 Å². The Labute approximate surface area is 118 Å². The van der Waals surface area contributed by atoms with E-state index in [4.69, 9.17) is 0 Å². The first-order valence-electron chi connectivity index (χ1n) is 4.67. The molecule has 2 nitrogen and oxygen atoms in total. The van der Waals surface area contributed by atoms with Gasteiger partial charge >= 0.3 is 29.6 Å². The van der Waals surface area contributed by atoms with Gasteiger partial charge in [-0.15, -0.1) is 0 Å². The van der Waals surface area contributed by atoms with Crippen LogP contribution in [0.4, 0.5) is 0 Å². The number of aromatic hydroxyl groups is 1. The zero-order valence-electron chi connectivity index (χ0n) is 10.1. The number of para-hydroxylation sites is 1. The number of carbonyl (C=O) groups excluding carboxylic acids is 1. The number of hydrogen-bond donors (Lipinski definition) is 1. The van der Waals surface area contributed by atoms with Crippen molar-refractivity contribution in [3.63, 3.8) is 0 Å². The number of benzene rings is 2. The van der Waals surface area contributed by atoms with Crippen molar-refractivity contribution in [2.24, 2.45) is 0 Å². The number of phenolic OH excluding ortho intramolecular Hbond substituents is 1. The molecule has 0 saturated carbocycles. The minimum atomic E-state index is -0.159. The van der Waals surface area contributed by atoms with Gasteiger partial charge in [-0.25, -0.2) is 0 Å². The predicted octanol–water partition coefficient (Wildman–Crippen LogP) is -0.260. The fraction of sp³-hybridized carbons (Fsp3) is 0. The molecular formula is C13H11NaO2. The van der Waals surface area contributed by atoms with E-state index in [0.29, 0.717) is 11.1 Å². The van der Waals surface area contributed by atoms with E-state index in [0.717, 1.165) is 0 Å². The van der Waals surface area contributed by atoms with Crippen molar-refractivity contribution in [1.29, 1.82) is 0 Å². The van der Waals surface area contributed by atoms with Gasteiger partial charge in [-0.3, -0.25) is 4.79 Å². The second kappa shape index (κ2) is 5.85. The SMILES string of the molecule is O=C(c1ccccc1)c1ccccc1O.[H-].[Na+]. The fourth-order valence-electron chi connectivity index (χ4n) is 1.41. The molecule has 0 radical (unpaired) electrons. The molecule has 76 valence electrons. The van der Waals surface area contributed by atoms with Gasteiger partial charge in [0.25, 0.3) is 0 Å². The fourth-order valence-corrected chi connectivity index (χ4v) is 1.41. The number of phenols is 1. The quantitative estimate of drug-likeness (QED) is 0.561. The van der Waals surface area contributed by atoms with E-state index in [-0.39, 0.29) is 42.5 Å². The maximum Gasteiger partial charge on any atom is 1.00 e. The van der Waals surface area contributed by atoms with Crippen molar-refractivity contribution in [3.8, 4) is 5.75 Å². The number of hydrogen-bond acceptors (Lipinski definition) is 2. The van der Waals surface area contributed by atoms with Crippen molar-refractivity contribution in [3.05, 3.63) is 65.7 Å². The third kappa shape index (κ3) is 2.73. The molecular weight excluding hydrogens is 211 g/mol. The zero-order valence-corrected chi connectivity index (χ0v) is 11.1. The Kier molecular flexibility index (Phi) is 4.74. The largest absolute Gasteiger partial charge is 1.00 e. The molecule has 2 aromatic rings. The molecule has 0 bridgehead atoms. The van der Waals surface area contributed by atoms with Crippen molar-refractivity contribution in [2.75, 3.05) is 0 Å². The molecule has 0 saturated heterocycles. The first kappa shape index (κ1) is 13.0. The standard InChI is InChI=1S/C13H10O2.Na.H/c14-12-9-5-4-8-11(12)13(15)10-6-2-1-3-7-10;;/h1-9,14H;;/q;+1;-1. The van der Waals surface area contributed by atoms with Crippen LogP contribution in [0.3, 0.4) is 0 Å². The van der Waals surface area contributed by atoms with Crippen LogP contribution in [0.1, 0.15) is 17.3 Å². The monoisotopic (exact) mass is 222 g/mol. The molecule has 0 aliphatic heterocycles. The summed E-state index contributed by atoms with van der Waals surface area (Å²) in [5, 5.41) is 9.52. The van der Waals surface area contributed by atoms with Gasteiger partial charge in [0.05, 0.1) is 5.56 Å². The van der Waals surface area contributed by atoms with E-state index in [1.165, 1.54) is 6.07 Å². The molecule has 0 aliphatic rings. The molecule has 3 heteroatoms. The summed E-state index contributed by atoms with van der Waals surface area (Å²) in [5.41, 5.74) is 0.919. The van der Waals surface area contributed by atoms with Gasteiger partial charge in [0.1, 0.15) is 5.75 Å². The van der Waals surface area contributed by atoms with Gasteiger partial charge in [-0.2, -0.15) is 0 Å². The van der Waals surface area contributed by atoms with E-state index < -0.39 is 0 Å². The van der Waals surface area contributed by atoms with Crippen molar-refractivity contribution in [2.45, 2.75) is 0 Å². The third-order valence-corrected chi connectivity index (χ3v) is 2.18. The molecule has 0 spiro atoms. The summed E-state index contributed by atoms with van der Waals surface area (Å²) in [4.78, 5) is 11.9. The van der Waals surface area contributed by atoms with E-state index >= 15 is 0 Å². The van der Waals surface area contributed by atoms with E-state index in [1.807, 2.05) is 6.07 Å². The van der Waals surface area contributed by atoms with E-state index in [1.54, 1.807) is 42.5 Å². The Morgan fingerprint density at radius 1 is 0.938 bits per heavy atom. The second-order valence-electron chi connectivity index (χ2n) is 3.21. The van der Waals surface area contributed by atoms with Gasteiger partial charge in [0.15, 0.2) is 5.78 Å². The second-order valence-corrected chi connectivity index (χ2v) is 3.21. The molecule has 2 aromatic carbocycles. The molecule has 0 heterocycles. The minimum Gasteiger partial charge on any atom is -1.00 e. The van der Waals surface area contributed by atoms with Crippen LogP contribution in [0.2, 0.25) is 0 Å². The summed E-state index contributed by atoms with van der Waals surface area (Å²) in [7, 11) is 0. The van der Waals surface area contributed by atoms with E-state index in [2.05, 4.69) is 0 Å². The Balaban J connectivity index is 0.00000128. The predicted molar refractivity (Wildman–Crippen MR) is 59.1 cm³/mol. The number of ketones is 1. The molecule has 0 aliphatic carbocycles. The zero-order chi connectivity index (χ0) is 10.7. The number of rotatable bonds is 2. The summed E-state index contributed by atoms with van der Waals surface area (Å²) >= 11 is 0. The minimum absolute atomic E-state index is 0. The van der Waals surface area contributed by atoms with Crippen molar-refractivity contribution in [1.82, 2.24) is 0 Å². The van der Waals surface area contributed by atoms with Gasteiger partial charge in [-0.1, -0.05) is 42.5 Å². The Morgan fingerprint density at radius 2 is 1.50 bits per heavy atom. The van der Waals surface area contributed by atoms with Crippen molar-refractivity contribution >= 4 is 5.78 Å². The molecule has 16 heavy (non-hydrogen) atoms. The van der Waals surface area contributed by atoms with Gasteiger partial charge in [0, 0.05) is 5.56 Å². The summed E-state index contributed by atoms with van der Waals surface area (Å²) in [6.07, 6.45) is 0. The molecule has 2 rings (SSSR count). The van der Waals surface area contributed by atoms with E-state index in [9.17, 15) is 9.90 Å². The van der Waals surface area contributed by atoms with Gasteiger partial charge in [-0.05, 0) is 12.1 Å². The molecule has 0 amide bonds. The Morgan fingerprint density at radius 3 is 2.12 bits per heavy atom. The maximum absolute atomic E-state index is 11.9. The summed E-state index contributed by atoms with van der Waals surface area (Å²) in [6, 6.07) is 15.5. The Hall–Kier alpha value is -1.09. The normalized spacial score (nSPS) is 9.25. The first-order valence-corrected chi connectivity index (χ1v) is 4.67. The molecule has 1 N–H and O–H groups in total.